The molecular formula is C22H28N6O. The van der Waals surface area contributed by atoms with Crippen LogP contribution < -0.4 is 4.90 Å². The molecule has 0 saturated carbocycles. The zero-order valence-electron chi connectivity index (χ0n) is 17.4. The Kier molecular flexibility index (Phi) is 4.50. The van der Waals surface area contributed by atoms with Gasteiger partial charge in [-0.15, -0.1) is 0 Å². The second-order valence-electron chi connectivity index (χ2n) is 8.58. The molecule has 2 aliphatic rings. The predicted octanol–water partition coefficient (Wildman–Crippen LogP) is 3.46. The van der Waals surface area contributed by atoms with Gasteiger partial charge in [0, 0.05) is 37.4 Å². The summed E-state index contributed by atoms with van der Waals surface area (Å²) in [6.45, 7) is 9.25. The number of anilines is 1. The third-order valence-electron chi connectivity index (χ3n) is 6.31. The van der Waals surface area contributed by atoms with Crippen molar-refractivity contribution in [3.63, 3.8) is 0 Å². The maximum absolute atomic E-state index is 5.83. The Labute approximate surface area is 171 Å². The largest absolute Gasteiger partial charge is 0.375 e. The van der Waals surface area contributed by atoms with Gasteiger partial charge in [0.05, 0.1) is 29.6 Å². The minimum Gasteiger partial charge on any atom is -0.375 e. The van der Waals surface area contributed by atoms with Crippen LogP contribution >= 0.6 is 0 Å². The molecule has 0 N–H and O–H groups in total. The highest BCUT2D eigenvalue weighted by atomic mass is 16.5. The molecule has 29 heavy (non-hydrogen) atoms. The maximum Gasteiger partial charge on any atom is 0.225 e. The summed E-state index contributed by atoms with van der Waals surface area (Å²) in [6.07, 6.45) is 7.76. The van der Waals surface area contributed by atoms with Crippen LogP contribution in [0.15, 0.2) is 24.5 Å². The molecule has 7 nitrogen and oxygen atoms in total. The van der Waals surface area contributed by atoms with E-state index in [-0.39, 0.29) is 5.60 Å². The van der Waals surface area contributed by atoms with E-state index >= 15 is 0 Å². The number of fused-ring (bicyclic) bond motifs is 1. The molecule has 2 saturated heterocycles. The predicted molar refractivity (Wildman–Crippen MR) is 112 cm³/mol. The van der Waals surface area contributed by atoms with Crippen molar-refractivity contribution in [3.05, 3.63) is 41.7 Å². The molecule has 0 aliphatic carbocycles. The van der Waals surface area contributed by atoms with E-state index in [1.54, 1.807) is 0 Å². The van der Waals surface area contributed by atoms with E-state index in [9.17, 15) is 0 Å². The van der Waals surface area contributed by atoms with Gasteiger partial charge in [-0.1, -0.05) is 0 Å². The third kappa shape index (κ3) is 3.37. The Bertz CT molecular complexity index is 1030. The molecule has 0 amide bonds. The molecular weight excluding hydrogens is 364 g/mol. The van der Waals surface area contributed by atoms with E-state index < -0.39 is 0 Å². The summed E-state index contributed by atoms with van der Waals surface area (Å²) in [7, 11) is 0. The van der Waals surface area contributed by atoms with Crippen molar-refractivity contribution in [1.82, 2.24) is 24.5 Å². The van der Waals surface area contributed by atoms with Gasteiger partial charge in [-0.2, -0.15) is 0 Å². The summed E-state index contributed by atoms with van der Waals surface area (Å²) in [4.78, 5) is 20.9. The zero-order valence-corrected chi connectivity index (χ0v) is 17.4. The van der Waals surface area contributed by atoms with E-state index in [1.807, 2.05) is 25.4 Å². The molecule has 5 heterocycles. The average molecular weight is 393 g/mol. The number of piperidine rings is 1. The third-order valence-corrected chi connectivity index (χ3v) is 6.31. The minimum absolute atomic E-state index is 0.144. The minimum atomic E-state index is 0.144. The van der Waals surface area contributed by atoms with Crippen LogP contribution in [0.1, 0.15) is 56.4 Å². The Morgan fingerprint density at radius 1 is 1.10 bits per heavy atom. The Morgan fingerprint density at radius 2 is 1.90 bits per heavy atom. The van der Waals surface area contributed by atoms with Gasteiger partial charge in [-0.05, 0) is 52.2 Å². The van der Waals surface area contributed by atoms with Crippen molar-refractivity contribution in [2.75, 3.05) is 24.6 Å². The first-order valence-electron chi connectivity index (χ1n) is 10.6. The molecule has 5 rings (SSSR count). The maximum atomic E-state index is 5.83. The first-order chi connectivity index (χ1) is 14.0. The average Bonchev–Trinajstić information content (AvgIpc) is 3.02. The molecule has 0 radical (unpaired) electrons. The smallest absolute Gasteiger partial charge is 0.225 e. The van der Waals surface area contributed by atoms with Crippen LogP contribution in [0, 0.1) is 6.92 Å². The van der Waals surface area contributed by atoms with Gasteiger partial charge in [-0.25, -0.2) is 15.0 Å². The normalized spacial score (nSPS) is 18.6. The van der Waals surface area contributed by atoms with Crippen molar-refractivity contribution in [3.8, 4) is 0 Å². The summed E-state index contributed by atoms with van der Waals surface area (Å²) in [5, 5.41) is 0. The number of aromatic nitrogens is 5. The van der Waals surface area contributed by atoms with Crippen molar-refractivity contribution in [2.45, 2.75) is 58.1 Å². The number of hydrogen-bond acceptors (Lipinski definition) is 6. The number of nitrogens with zero attached hydrogens (tertiary/aromatic N) is 6. The molecule has 0 aromatic carbocycles. The number of ether oxygens (including phenoxy) is 1. The van der Waals surface area contributed by atoms with Crippen LogP contribution in [-0.2, 0) is 11.2 Å². The number of pyridine rings is 1. The van der Waals surface area contributed by atoms with Gasteiger partial charge in [0.2, 0.25) is 5.95 Å². The van der Waals surface area contributed by atoms with Gasteiger partial charge in [0.25, 0.3) is 0 Å². The van der Waals surface area contributed by atoms with Crippen LogP contribution in [0.4, 0.5) is 5.95 Å². The Balaban J connectivity index is 1.36. The second kappa shape index (κ2) is 7.06. The highest BCUT2D eigenvalue weighted by Crippen LogP contribution is 2.37. The molecule has 3 aromatic heterocycles. The lowest BCUT2D eigenvalue weighted by Crippen LogP contribution is -2.52. The molecule has 7 heteroatoms. The van der Waals surface area contributed by atoms with Gasteiger partial charge in [-0.3, -0.25) is 4.98 Å². The Hall–Kier alpha value is -2.54. The number of imidazole rings is 1. The van der Waals surface area contributed by atoms with E-state index in [1.165, 1.54) is 6.42 Å². The molecule has 3 aromatic rings. The summed E-state index contributed by atoms with van der Waals surface area (Å²) in [5.41, 5.74) is 4.23. The van der Waals surface area contributed by atoms with E-state index in [0.29, 0.717) is 12.5 Å². The summed E-state index contributed by atoms with van der Waals surface area (Å²) < 4.78 is 8.09. The fraction of sp³-hybridized carbons (Fsp3) is 0.545. The second-order valence-corrected chi connectivity index (χ2v) is 8.58. The quantitative estimate of drug-likeness (QED) is 0.677. The first-order valence-corrected chi connectivity index (χ1v) is 10.6. The molecule has 0 bridgehead atoms. The van der Waals surface area contributed by atoms with Crippen LogP contribution in [0.5, 0.6) is 0 Å². The van der Waals surface area contributed by atoms with Crippen molar-refractivity contribution in [1.29, 1.82) is 0 Å². The lowest BCUT2D eigenvalue weighted by Gasteiger charge is -2.47. The van der Waals surface area contributed by atoms with Crippen molar-refractivity contribution < 1.29 is 4.74 Å². The van der Waals surface area contributed by atoms with Crippen molar-refractivity contribution >= 4 is 17.0 Å². The zero-order chi connectivity index (χ0) is 20.0. The van der Waals surface area contributed by atoms with Gasteiger partial charge < -0.3 is 14.2 Å². The van der Waals surface area contributed by atoms with E-state index in [2.05, 4.69) is 44.3 Å². The van der Waals surface area contributed by atoms with Gasteiger partial charge >= 0.3 is 0 Å². The van der Waals surface area contributed by atoms with Gasteiger partial charge in [0.1, 0.15) is 11.3 Å². The summed E-state index contributed by atoms with van der Waals surface area (Å²) in [6, 6.07) is 4.50. The van der Waals surface area contributed by atoms with Crippen molar-refractivity contribution in [2.24, 2.45) is 0 Å². The van der Waals surface area contributed by atoms with Gasteiger partial charge in [0.15, 0.2) is 0 Å². The standard InChI is InChI=1S/C22H28N6O/c1-15(2)28-16(3)25-19-14-24-18(13-20(19)28)12-17-4-8-23-21(26-17)27-9-5-22(6-10-27)7-11-29-22/h4,8,13-15H,5-7,9-12H2,1-3H3. The molecule has 2 aliphatic heterocycles. The SMILES string of the molecule is Cc1nc2cnc(Cc3ccnc(N4CCC5(CCO5)CC4)n3)cc2n1C(C)C. The van der Waals surface area contributed by atoms with Crippen LogP contribution in [-0.4, -0.2) is 49.8 Å². The summed E-state index contributed by atoms with van der Waals surface area (Å²) >= 11 is 0. The lowest BCUT2D eigenvalue weighted by atomic mass is 9.84. The van der Waals surface area contributed by atoms with Crippen LogP contribution in [0.25, 0.3) is 11.0 Å². The number of rotatable bonds is 4. The summed E-state index contributed by atoms with van der Waals surface area (Å²) in [5.74, 6) is 1.84. The fourth-order valence-electron chi connectivity index (χ4n) is 4.63. The van der Waals surface area contributed by atoms with E-state index in [0.717, 1.165) is 66.7 Å². The topological polar surface area (TPSA) is 69.0 Å². The fourth-order valence-corrected chi connectivity index (χ4v) is 4.63. The Morgan fingerprint density at radius 3 is 2.59 bits per heavy atom. The first kappa shape index (κ1) is 18.5. The monoisotopic (exact) mass is 392 g/mol. The molecule has 0 unspecified atom stereocenters. The number of hydrogen-bond donors (Lipinski definition) is 0. The highest BCUT2D eigenvalue weighted by molar-refractivity contribution is 5.75. The number of aryl methyl sites for hydroxylation is 1. The van der Waals surface area contributed by atoms with E-state index in [4.69, 9.17) is 9.72 Å². The molecule has 2 fully saturated rings. The molecule has 0 atom stereocenters. The van der Waals surface area contributed by atoms with Crippen LogP contribution in [0.2, 0.25) is 0 Å². The van der Waals surface area contributed by atoms with Crippen LogP contribution in [0.3, 0.4) is 0 Å². The molecule has 1 spiro atoms. The lowest BCUT2D eigenvalue weighted by molar-refractivity contribution is -0.158. The molecule has 152 valence electrons. The highest BCUT2D eigenvalue weighted by Gasteiger charge is 2.41.